The minimum absolute atomic E-state index is 0.160. The Balaban J connectivity index is 1.53. The summed E-state index contributed by atoms with van der Waals surface area (Å²) in [5.41, 5.74) is 6.67. The molecule has 2 heterocycles. The molecule has 4 aromatic rings. The van der Waals surface area contributed by atoms with Gasteiger partial charge in [0, 0.05) is 29.6 Å². The van der Waals surface area contributed by atoms with Crippen LogP contribution < -0.4 is 5.32 Å². The molecule has 0 unspecified atom stereocenters. The highest BCUT2D eigenvalue weighted by molar-refractivity contribution is 5.74. The molecule has 33 heavy (non-hydrogen) atoms. The Morgan fingerprint density at radius 3 is 2.48 bits per heavy atom. The summed E-state index contributed by atoms with van der Waals surface area (Å²) in [7, 11) is 0. The fourth-order valence-electron chi connectivity index (χ4n) is 3.58. The molecule has 6 heteroatoms. The number of halogens is 1. The third kappa shape index (κ3) is 5.01. The first-order valence-electron chi connectivity index (χ1n) is 10.6. The second kappa shape index (κ2) is 9.96. The van der Waals surface area contributed by atoms with E-state index in [1.54, 1.807) is 18.3 Å². The summed E-state index contributed by atoms with van der Waals surface area (Å²) >= 11 is 0. The van der Waals surface area contributed by atoms with Gasteiger partial charge in [-0.2, -0.15) is 0 Å². The summed E-state index contributed by atoms with van der Waals surface area (Å²) in [6, 6.07) is 17.6. The van der Waals surface area contributed by atoms with Crippen LogP contribution in [0.25, 0.3) is 28.5 Å². The maximum absolute atomic E-state index is 15.2. The van der Waals surface area contributed by atoms with Crippen LogP contribution in [0.5, 0.6) is 0 Å². The number of nitrogens with zero attached hydrogens (tertiary/aromatic N) is 4. The Morgan fingerprint density at radius 1 is 0.970 bits per heavy atom. The van der Waals surface area contributed by atoms with E-state index in [0.717, 1.165) is 33.6 Å². The van der Waals surface area contributed by atoms with Crippen molar-refractivity contribution < 1.29 is 4.39 Å². The van der Waals surface area contributed by atoms with Crippen LogP contribution in [-0.4, -0.2) is 21.7 Å². The summed E-state index contributed by atoms with van der Waals surface area (Å²) in [4.78, 5) is 16.5. The first-order chi connectivity index (χ1) is 16.1. The largest absolute Gasteiger partial charge is 0.363 e. The van der Waals surface area contributed by atoms with Crippen molar-refractivity contribution in [2.45, 2.75) is 20.4 Å². The lowest BCUT2D eigenvalue weighted by molar-refractivity contribution is 0.621. The normalized spacial score (nSPS) is 11.0. The SMILES string of the molecule is C=Nc1ccc(-c2ncnc(NCc3ccc(-c4ccnc(C)c4)cc3)c2F)cc1/C=C\C. The van der Waals surface area contributed by atoms with Gasteiger partial charge >= 0.3 is 0 Å². The summed E-state index contributed by atoms with van der Waals surface area (Å²) in [6.45, 7) is 7.91. The Bertz CT molecular complexity index is 1310. The van der Waals surface area contributed by atoms with E-state index in [-0.39, 0.29) is 11.5 Å². The van der Waals surface area contributed by atoms with Crippen LogP contribution in [0.3, 0.4) is 0 Å². The predicted molar refractivity (Wildman–Crippen MR) is 133 cm³/mol. The van der Waals surface area contributed by atoms with E-state index in [0.29, 0.717) is 12.1 Å². The summed E-state index contributed by atoms with van der Waals surface area (Å²) in [5, 5.41) is 3.09. The quantitative estimate of drug-likeness (QED) is 0.330. The number of benzene rings is 2. The zero-order valence-corrected chi connectivity index (χ0v) is 18.6. The lowest BCUT2D eigenvalue weighted by Crippen LogP contribution is -2.05. The Hall–Kier alpha value is -4.19. The van der Waals surface area contributed by atoms with Gasteiger partial charge in [-0.1, -0.05) is 42.5 Å². The van der Waals surface area contributed by atoms with Crippen molar-refractivity contribution in [1.29, 1.82) is 0 Å². The summed E-state index contributed by atoms with van der Waals surface area (Å²) in [6.07, 6.45) is 6.98. The van der Waals surface area contributed by atoms with E-state index < -0.39 is 5.82 Å². The molecule has 0 spiro atoms. The van der Waals surface area contributed by atoms with E-state index in [1.165, 1.54) is 6.33 Å². The zero-order chi connectivity index (χ0) is 23.2. The molecular weight excluding hydrogens is 413 g/mol. The third-order valence-electron chi connectivity index (χ3n) is 5.25. The second-order valence-electron chi connectivity index (χ2n) is 7.55. The van der Waals surface area contributed by atoms with Gasteiger partial charge in [-0.05, 0) is 61.5 Å². The number of allylic oxidation sites excluding steroid dienone is 1. The minimum Gasteiger partial charge on any atom is -0.363 e. The average Bonchev–Trinajstić information content (AvgIpc) is 2.84. The first kappa shape index (κ1) is 22.0. The van der Waals surface area contributed by atoms with Gasteiger partial charge in [0.25, 0.3) is 0 Å². The highest BCUT2D eigenvalue weighted by atomic mass is 19.1. The number of hydrogen-bond acceptors (Lipinski definition) is 5. The average molecular weight is 438 g/mol. The van der Waals surface area contributed by atoms with E-state index in [9.17, 15) is 0 Å². The minimum atomic E-state index is -0.493. The van der Waals surface area contributed by atoms with Crippen LogP contribution in [0.15, 0.2) is 78.2 Å². The molecule has 0 radical (unpaired) electrons. The molecule has 0 saturated carbocycles. The van der Waals surface area contributed by atoms with E-state index in [4.69, 9.17) is 0 Å². The highest BCUT2D eigenvalue weighted by Gasteiger charge is 2.14. The fourth-order valence-corrected chi connectivity index (χ4v) is 3.58. The molecule has 0 aliphatic heterocycles. The third-order valence-corrected chi connectivity index (χ3v) is 5.25. The number of aromatic nitrogens is 3. The van der Waals surface area contributed by atoms with Gasteiger partial charge in [0.15, 0.2) is 11.6 Å². The number of anilines is 1. The molecule has 0 amide bonds. The van der Waals surface area contributed by atoms with Crippen LogP contribution in [0, 0.1) is 12.7 Å². The molecular formula is C27H24FN5. The molecule has 0 saturated heterocycles. The Kier molecular flexibility index (Phi) is 6.64. The van der Waals surface area contributed by atoms with E-state index >= 15 is 4.39 Å². The molecule has 164 valence electrons. The van der Waals surface area contributed by atoms with Crippen LogP contribution in [0.2, 0.25) is 0 Å². The van der Waals surface area contributed by atoms with Crippen LogP contribution in [-0.2, 0) is 6.54 Å². The maximum Gasteiger partial charge on any atom is 0.191 e. The van der Waals surface area contributed by atoms with Crippen molar-refractivity contribution in [3.8, 4) is 22.4 Å². The van der Waals surface area contributed by atoms with Crippen molar-refractivity contribution in [1.82, 2.24) is 15.0 Å². The number of aryl methyl sites for hydroxylation is 1. The van der Waals surface area contributed by atoms with Crippen LogP contribution in [0.1, 0.15) is 23.7 Å². The van der Waals surface area contributed by atoms with Crippen molar-refractivity contribution >= 4 is 24.3 Å². The van der Waals surface area contributed by atoms with Gasteiger partial charge < -0.3 is 5.32 Å². The van der Waals surface area contributed by atoms with Crippen molar-refractivity contribution in [3.63, 3.8) is 0 Å². The van der Waals surface area contributed by atoms with E-state index in [2.05, 4.69) is 32.0 Å². The predicted octanol–water partition coefficient (Wildman–Crippen LogP) is 6.63. The zero-order valence-electron chi connectivity index (χ0n) is 18.6. The lowest BCUT2D eigenvalue weighted by Gasteiger charge is -2.11. The molecule has 2 aromatic carbocycles. The topological polar surface area (TPSA) is 63.1 Å². The van der Waals surface area contributed by atoms with Gasteiger partial charge in [0.1, 0.15) is 12.0 Å². The number of nitrogens with one attached hydrogen (secondary N) is 1. The number of rotatable bonds is 7. The summed E-state index contributed by atoms with van der Waals surface area (Å²) in [5.74, 6) is -0.334. The molecule has 0 fully saturated rings. The Labute approximate surface area is 192 Å². The standard InChI is InChI=1S/C27H24FN5/c1-4-5-22-15-23(10-11-24(22)29-3)26-25(28)27(33-17-32-26)31-16-19-6-8-20(9-7-19)21-12-13-30-18(2)14-21/h4-15,17H,3,16H2,1-2H3,(H,31,32,33)/b5-4-. The van der Waals surface area contributed by atoms with Crippen molar-refractivity contribution in [2.75, 3.05) is 5.32 Å². The molecule has 2 aromatic heterocycles. The van der Waals surface area contributed by atoms with Gasteiger partial charge in [-0.15, -0.1) is 0 Å². The fraction of sp³-hybridized carbons (Fsp3) is 0.111. The monoisotopic (exact) mass is 437 g/mol. The number of aliphatic imine (C=N–C) groups is 1. The van der Waals surface area contributed by atoms with Gasteiger partial charge in [-0.25, -0.2) is 14.4 Å². The van der Waals surface area contributed by atoms with Crippen molar-refractivity contribution in [2.24, 2.45) is 4.99 Å². The van der Waals surface area contributed by atoms with Crippen LogP contribution >= 0.6 is 0 Å². The molecule has 0 bridgehead atoms. The molecule has 0 aliphatic rings. The molecule has 0 atom stereocenters. The van der Waals surface area contributed by atoms with Crippen molar-refractivity contribution in [3.05, 3.63) is 95.8 Å². The maximum atomic E-state index is 15.2. The lowest BCUT2D eigenvalue weighted by atomic mass is 10.0. The molecule has 4 rings (SSSR count). The van der Waals surface area contributed by atoms with E-state index in [1.807, 2.05) is 68.5 Å². The van der Waals surface area contributed by atoms with Crippen LogP contribution in [0.4, 0.5) is 15.9 Å². The molecule has 1 N–H and O–H groups in total. The first-order valence-corrected chi connectivity index (χ1v) is 10.6. The van der Waals surface area contributed by atoms with Gasteiger partial charge in [-0.3, -0.25) is 9.98 Å². The Morgan fingerprint density at radius 2 is 1.76 bits per heavy atom. The smallest absolute Gasteiger partial charge is 0.191 e. The number of pyridine rings is 1. The summed E-state index contributed by atoms with van der Waals surface area (Å²) < 4.78 is 15.2. The van der Waals surface area contributed by atoms with Gasteiger partial charge in [0.05, 0.1) is 5.69 Å². The highest BCUT2D eigenvalue weighted by Crippen LogP contribution is 2.30. The molecule has 0 aliphatic carbocycles. The molecule has 5 nitrogen and oxygen atoms in total. The second-order valence-corrected chi connectivity index (χ2v) is 7.55. The number of hydrogen-bond donors (Lipinski definition) is 1. The van der Waals surface area contributed by atoms with Gasteiger partial charge in [0.2, 0.25) is 0 Å².